The number of carboxylic acids is 1. The van der Waals surface area contributed by atoms with E-state index in [0.29, 0.717) is 6.04 Å². The minimum absolute atomic E-state index is 0.568. The third-order valence-electron chi connectivity index (χ3n) is 9.00. The first-order valence-corrected chi connectivity index (χ1v) is 13.9. The molecule has 4 heteroatoms. The van der Waals surface area contributed by atoms with E-state index in [1.165, 1.54) is 54.4 Å². The Hall–Kier alpha value is -2.17. The molecule has 36 heavy (non-hydrogen) atoms. The maximum absolute atomic E-state index is 12.6. The lowest BCUT2D eigenvalue weighted by molar-refractivity contribution is -0.160. The molecule has 1 N–H and O–H groups in total. The maximum atomic E-state index is 12.6. The number of ether oxygens (including phenoxy) is 1. The summed E-state index contributed by atoms with van der Waals surface area (Å²) in [5, 5.41) is 10.4. The lowest BCUT2D eigenvalue weighted by atomic mass is 9.78. The van der Waals surface area contributed by atoms with Crippen LogP contribution in [0.1, 0.15) is 92.4 Å². The lowest BCUT2D eigenvalue weighted by Crippen LogP contribution is -2.43. The summed E-state index contributed by atoms with van der Waals surface area (Å²) in [6, 6.07) is 9.23. The number of aryl methyl sites for hydroxylation is 1. The molecule has 0 amide bonds. The third kappa shape index (κ3) is 4.87. The molecule has 194 valence electrons. The van der Waals surface area contributed by atoms with Crippen LogP contribution in [0.15, 0.2) is 24.3 Å². The summed E-state index contributed by atoms with van der Waals surface area (Å²) in [4.78, 5) is 15.4. The summed E-state index contributed by atoms with van der Waals surface area (Å²) >= 11 is 0. The number of hydrogen-bond acceptors (Lipinski definition) is 3. The van der Waals surface area contributed by atoms with Gasteiger partial charge in [0, 0.05) is 24.7 Å². The summed E-state index contributed by atoms with van der Waals surface area (Å²) in [7, 11) is 0. The van der Waals surface area contributed by atoms with Gasteiger partial charge >= 0.3 is 5.97 Å². The Balaban J connectivity index is 1.62. The second-order valence-electron chi connectivity index (χ2n) is 12.7. The van der Waals surface area contributed by atoms with Crippen LogP contribution in [0.25, 0.3) is 11.1 Å². The molecule has 3 atom stereocenters. The van der Waals surface area contributed by atoms with Gasteiger partial charge < -0.3 is 9.84 Å². The van der Waals surface area contributed by atoms with E-state index in [2.05, 4.69) is 49.9 Å². The molecule has 4 nitrogen and oxygen atoms in total. The number of benzene rings is 2. The van der Waals surface area contributed by atoms with Gasteiger partial charge in [0.15, 0.2) is 6.10 Å². The Labute approximate surface area is 217 Å². The van der Waals surface area contributed by atoms with Crippen LogP contribution in [0, 0.1) is 32.6 Å². The monoisotopic (exact) mass is 489 g/mol. The highest BCUT2D eigenvalue weighted by molar-refractivity contribution is 5.84. The van der Waals surface area contributed by atoms with Gasteiger partial charge in [-0.2, -0.15) is 0 Å². The number of rotatable bonds is 5. The largest absolute Gasteiger partial charge is 0.479 e. The molecule has 2 saturated carbocycles. The number of aliphatic carboxylic acids is 1. The van der Waals surface area contributed by atoms with Crippen LogP contribution in [0.5, 0.6) is 0 Å². The number of hydrogen-bond donors (Lipinski definition) is 1. The van der Waals surface area contributed by atoms with Crippen molar-refractivity contribution in [1.82, 2.24) is 4.90 Å². The highest BCUT2D eigenvalue weighted by atomic mass is 16.5. The van der Waals surface area contributed by atoms with E-state index in [4.69, 9.17) is 4.74 Å². The quantitative estimate of drug-likeness (QED) is 0.484. The Morgan fingerprint density at radius 1 is 0.972 bits per heavy atom. The van der Waals surface area contributed by atoms with Crippen molar-refractivity contribution in [3.63, 3.8) is 0 Å². The molecule has 1 heterocycles. The minimum atomic E-state index is -1.00. The van der Waals surface area contributed by atoms with Gasteiger partial charge in [0.2, 0.25) is 0 Å². The van der Waals surface area contributed by atoms with Crippen molar-refractivity contribution < 1.29 is 14.6 Å². The first-order chi connectivity index (χ1) is 17.0. The molecule has 2 unspecified atom stereocenters. The van der Waals surface area contributed by atoms with Gasteiger partial charge in [-0.15, -0.1) is 0 Å². The Bertz CT molecular complexity index is 1130. The number of fused-ring (bicyclic) bond motifs is 3. The fourth-order valence-corrected chi connectivity index (χ4v) is 7.33. The van der Waals surface area contributed by atoms with Crippen LogP contribution < -0.4 is 0 Å². The van der Waals surface area contributed by atoms with Crippen LogP contribution in [0.3, 0.4) is 0 Å². The van der Waals surface area contributed by atoms with Gasteiger partial charge in [0.05, 0.1) is 5.60 Å². The first kappa shape index (κ1) is 25.5. The second-order valence-corrected chi connectivity index (χ2v) is 12.7. The molecule has 5 rings (SSSR count). The highest BCUT2D eigenvalue weighted by Crippen LogP contribution is 2.46. The van der Waals surface area contributed by atoms with Gasteiger partial charge in [0.25, 0.3) is 0 Å². The first-order valence-electron chi connectivity index (χ1n) is 13.9. The van der Waals surface area contributed by atoms with Crippen molar-refractivity contribution in [3.05, 3.63) is 57.6 Å². The van der Waals surface area contributed by atoms with E-state index in [1.807, 2.05) is 20.8 Å². The zero-order valence-electron chi connectivity index (χ0n) is 23.0. The van der Waals surface area contributed by atoms with Gasteiger partial charge in [-0.25, -0.2) is 4.79 Å². The van der Waals surface area contributed by atoms with Crippen LogP contribution >= 0.6 is 0 Å². The van der Waals surface area contributed by atoms with Gasteiger partial charge in [0.1, 0.15) is 0 Å². The second kappa shape index (κ2) is 9.61. The highest BCUT2D eigenvalue weighted by Gasteiger charge is 2.39. The number of carbonyl (C=O) groups is 1. The predicted octanol–water partition coefficient (Wildman–Crippen LogP) is 7.16. The maximum Gasteiger partial charge on any atom is 0.337 e. The molecule has 0 spiro atoms. The summed E-state index contributed by atoms with van der Waals surface area (Å²) in [5.74, 6) is 0.930. The summed E-state index contributed by atoms with van der Waals surface area (Å²) in [6.45, 7) is 14.3. The number of nitrogens with zero attached hydrogens (tertiary/aromatic N) is 1. The SMILES string of the molecule is Cc1ccc(-c2c(C)c3c(c(C)c2[C@H](OC(C)(C)C)C(=O)O)CCN(C2CC4CCC(C4)C2)C3)cc1. The zero-order chi connectivity index (χ0) is 25.8. The molecule has 2 aliphatic carbocycles. The molecule has 2 fully saturated rings. The smallest absolute Gasteiger partial charge is 0.337 e. The summed E-state index contributed by atoms with van der Waals surface area (Å²) < 4.78 is 6.23. The van der Waals surface area contributed by atoms with Crippen LogP contribution in [-0.4, -0.2) is 34.2 Å². The summed E-state index contributed by atoms with van der Waals surface area (Å²) in [5.41, 5.74) is 8.68. The third-order valence-corrected chi connectivity index (χ3v) is 9.00. The Kier molecular flexibility index (Phi) is 6.80. The van der Waals surface area contributed by atoms with E-state index in [1.54, 1.807) is 0 Å². The van der Waals surface area contributed by atoms with Crippen molar-refractivity contribution in [1.29, 1.82) is 0 Å². The van der Waals surface area contributed by atoms with Crippen molar-refractivity contribution in [3.8, 4) is 11.1 Å². The molecule has 3 aliphatic rings. The van der Waals surface area contributed by atoms with Crippen molar-refractivity contribution >= 4 is 5.97 Å². The van der Waals surface area contributed by atoms with E-state index in [9.17, 15) is 9.90 Å². The van der Waals surface area contributed by atoms with E-state index >= 15 is 0 Å². The average molecular weight is 490 g/mol. The molecule has 0 saturated heterocycles. The molecule has 2 aromatic rings. The molecule has 0 radical (unpaired) electrons. The van der Waals surface area contributed by atoms with Gasteiger partial charge in [-0.3, -0.25) is 4.90 Å². The van der Waals surface area contributed by atoms with Crippen molar-refractivity contribution in [2.45, 2.75) is 104 Å². The number of carboxylic acid groups (broad SMARTS) is 1. The standard InChI is InChI=1S/C32H43NO3/c1-19-7-11-24(12-8-19)28-21(3)27-18-33(25-16-22-9-10-23(15-22)17-25)14-13-26(27)20(2)29(28)30(31(34)35)36-32(4,5)6/h7-8,11-12,22-23,25,30H,9-10,13-18H2,1-6H3,(H,34,35)/t22?,23?,25?,30-/m0/s1. The predicted molar refractivity (Wildman–Crippen MR) is 145 cm³/mol. The fourth-order valence-electron chi connectivity index (χ4n) is 7.33. The Morgan fingerprint density at radius 3 is 2.19 bits per heavy atom. The van der Waals surface area contributed by atoms with Gasteiger partial charge in [-0.1, -0.05) is 42.7 Å². The van der Waals surface area contributed by atoms with Gasteiger partial charge in [-0.05, 0) is 112 Å². The molecule has 1 aliphatic heterocycles. The normalized spacial score (nSPS) is 25.0. The van der Waals surface area contributed by atoms with E-state index in [-0.39, 0.29) is 0 Å². The molecule has 2 aromatic carbocycles. The lowest BCUT2D eigenvalue weighted by Gasteiger charge is -2.41. The summed E-state index contributed by atoms with van der Waals surface area (Å²) in [6.07, 6.45) is 6.99. The topological polar surface area (TPSA) is 49.8 Å². The molecule has 0 aromatic heterocycles. The van der Waals surface area contributed by atoms with Crippen molar-refractivity contribution in [2.75, 3.05) is 6.54 Å². The van der Waals surface area contributed by atoms with Crippen molar-refractivity contribution in [2.24, 2.45) is 11.8 Å². The van der Waals surface area contributed by atoms with E-state index in [0.717, 1.165) is 53.6 Å². The fraction of sp³-hybridized carbons (Fsp3) is 0.594. The van der Waals surface area contributed by atoms with Crippen LogP contribution in [-0.2, 0) is 22.5 Å². The van der Waals surface area contributed by atoms with Crippen LogP contribution in [0.2, 0.25) is 0 Å². The van der Waals surface area contributed by atoms with E-state index < -0.39 is 17.7 Å². The molecular weight excluding hydrogens is 446 g/mol. The average Bonchev–Trinajstić information content (AvgIpc) is 3.17. The molecule has 2 bridgehead atoms. The van der Waals surface area contributed by atoms with Crippen LogP contribution in [0.4, 0.5) is 0 Å². The minimum Gasteiger partial charge on any atom is -0.479 e. The Morgan fingerprint density at radius 2 is 1.61 bits per heavy atom. The molecular formula is C32H43NO3. The zero-order valence-corrected chi connectivity index (χ0v) is 23.0.